The molecule has 0 saturated carbocycles. The fourth-order valence-corrected chi connectivity index (χ4v) is 1.62. The van der Waals surface area contributed by atoms with Gasteiger partial charge in [-0.2, -0.15) is 0 Å². The van der Waals surface area contributed by atoms with Crippen LogP contribution in [0.2, 0.25) is 0 Å². The second kappa shape index (κ2) is 6.33. The lowest BCUT2D eigenvalue weighted by atomic mass is 10.1. The summed E-state index contributed by atoms with van der Waals surface area (Å²) in [4.78, 5) is 0. The fraction of sp³-hybridized carbons (Fsp3) is 0.538. The van der Waals surface area contributed by atoms with Crippen LogP contribution in [0, 0.1) is 5.92 Å². The van der Waals surface area contributed by atoms with Gasteiger partial charge in [-0.1, -0.05) is 26.3 Å². The number of benzene rings is 1. The van der Waals surface area contributed by atoms with E-state index in [1.54, 1.807) is 7.11 Å². The van der Waals surface area contributed by atoms with Gasteiger partial charge in [0.05, 0.1) is 7.11 Å². The summed E-state index contributed by atoms with van der Waals surface area (Å²) in [6.45, 7) is 5.53. The lowest BCUT2D eigenvalue weighted by Crippen LogP contribution is -2.10. The maximum Gasteiger partial charge on any atom is 0.120 e. The topological polar surface area (TPSA) is 21.3 Å². The second-order valence-electron chi connectivity index (χ2n) is 4.01. The Labute approximate surface area is 92.6 Å². The second-order valence-corrected chi connectivity index (χ2v) is 4.01. The molecule has 0 aliphatic carbocycles. The van der Waals surface area contributed by atoms with E-state index in [1.165, 1.54) is 12.8 Å². The Morgan fingerprint density at radius 2 is 2.20 bits per heavy atom. The van der Waals surface area contributed by atoms with Crippen molar-refractivity contribution in [2.45, 2.75) is 26.7 Å². The zero-order valence-corrected chi connectivity index (χ0v) is 9.92. The molecule has 0 bridgehead atoms. The predicted molar refractivity (Wildman–Crippen MR) is 65.6 cm³/mol. The fourth-order valence-electron chi connectivity index (χ4n) is 1.62. The number of rotatable bonds is 6. The number of methoxy groups -OCH3 is 1. The average molecular weight is 207 g/mol. The number of ether oxygens (including phenoxy) is 1. The standard InChI is InChI=1S/C13H21NO/c1-4-6-11(2)10-14-12-7-5-8-13(9-12)15-3/h5,7-9,11,14H,4,6,10H2,1-3H3/t11-/m1/s1. The van der Waals surface area contributed by atoms with Gasteiger partial charge in [0.15, 0.2) is 0 Å². The van der Waals surface area contributed by atoms with Crippen molar-refractivity contribution in [2.24, 2.45) is 5.92 Å². The molecule has 1 aromatic rings. The predicted octanol–water partition coefficient (Wildman–Crippen LogP) is 3.54. The minimum Gasteiger partial charge on any atom is -0.497 e. The molecule has 0 spiro atoms. The summed E-state index contributed by atoms with van der Waals surface area (Å²) in [5.74, 6) is 1.63. The lowest BCUT2D eigenvalue weighted by molar-refractivity contribution is 0.415. The van der Waals surface area contributed by atoms with Crippen LogP contribution in [0.5, 0.6) is 5.75 Å². The van der Waals surface area contributed by atoms with E-state index in [2.05, 4.69) is 25.2 Å². The molecular formula is C13H21NO. The summed E-state index contributed by atoms with van der Waals surface area (Å²) >= 11 is 0. The molecule has 0 saturated heterocycles. The van der Waals surface area contributed by atoms with Crippen LogP contribution in [-0.2, 0) is 0 Å². The number of nitrogens with one attached hydrogen (secondary N) is 1. The Kier molecular flexibility index (Phi) is 5.02. The van der Waals surface area contributed by atoms with E-state index in [9.17, 15) is 0 Å². The molecule has 15 heavy (non-hydrogen) atoms. The summed E-state index contributed by atoms with van der Waals surface area (Å²) in [6.07, 6.45) is 2.53. The van der Waals surface area contributed by atoms with Crippen LogP contribution < -0.4 is 10.1 Å². The molecule has 2 nitrogen and oxygen atoms in total. The van der Waals surface area contributed by atoms with Crippen molar-refractivity contribution in [1.82, 2.24) is 0 Å². The monoisotopic (exact) mass is 207 g/mol. The summed E-state index contributed by atoms with van der Waals surface area (Å²) in [5, 5.41) is 3.42. The highest BCUT2D eigenvalue weighted by Gasteiger charge is 2.00. The van der Waals surface area contributed by atoms with Crippen LogP contribution in [0.15, 0.2) is 24.3 Å². The smallest absolute Gasteiger partial charge is 0.120 e. The van der Waals surface area contributed by atoms with Crippen LogP contribution in [0.1, 0.15) is 26.7 Å². The maximum atomic E-state index is 5.17. The Morgan fingerprint density at radius 1 is 1.40 bits per heavy atom. The summed E-state index contributed by atoms with van der Waals surface area (Å²) in [6, 6.07) is 8.06. The normalized spacial score (nSPS) is 12.2. The van der Waals surface area contributed by atoms with Crippen LogP contribution in [0.3, 0.4) is 0 Å². The van der Waals surface area contributed by atoms with Crippen LogP contribution in [0.4, 0.5) is 5.69 Å². The zero-order chi connectivity index (χ0) is 11.1. The first-order valence-electron chi connectivity index (χ1n) is 5.64. The third-order valence-electron chi connectivity index (χ3n) is 2.51. The minimum absolute atomic E-state index is 0.723. The van der Waals surface area contributed by atoms with Crippen LogP contribution >= 0.6 is 0 Å². The maximum absolute atomic E-state index is 5.17. The molecular weight excluding hydrogens is 186 g/mol. The Hall–Kier alpha value is -1.18. The van der Waals surface area contributed by atoms with Gasteiger partial charge in [-0.15, -0.1) is 0 Å². The van der Waals surface area contributed by atoms with Crippen molar-refractivity contribution >= 4 is 5.69 Å². The molecule has 0 amide bonds. The van der Waals surface area contributed by atoms with Gasteiger partial charge in [0, 0.05) is 18.3 Å². The van der Waals surface area contributed by atoms with E-state index >= 15 is 0 Å². The van der Waals surface area contributed by atoms with E-state index in [0.29, 0.717) is 0 Å². The van der Waals surface area contributed by atoms with Gasteiger partial charge in [0.1, 0.15) is 5.75 Å². The Balaban J connectivity index is 2.43. The van der Waals surface area contributed by atoms with E-state index < -0.39 is 0 Å². The van der Waals surface area contributed by atoms with Gasteiger partial charge in [-0.3, -0.25) is 0 Å². The molecule has 0 unspecified atom stereocenters. The van der Waals surface area contributed by atoms with Gasteiger partial charge >= 0.3 is 0 Å². The Bertz CT molecular complexity index is 286. The number of hydrogen-bond acceptors (Lipinski definition) is 2. The molecule has 2 heteroatoms. The van der Waals surface area contributed by atoms with Crippen molar-refractivity contribution in [3.8, 4) is 5.75 Å². The first-order chi connectivity index (χ1) is 7.26. The third-order valence-corrected chi connectivity index (χ3v) is 2.51. The van der Waals surface area contributed by atoms with Crippen LogP contribution in [-0.4, -0.2) is 13.7 Å². The third kappa shape index (κ3) is 4.24. The van der Waals surface area contributed by atoms with Gasteiger partial charge < -0.3 is 10.1 Å². The van der Waals surface area contributed by atoms with Gasteiger partial charge in [-0.25, -0.2) is 0 Å². The van der Waals surface area contributed by atoms with E-state index in [-0.39, 0.29) is 0 Å². The molecule has 0 radical (unpaired) electrons. The van der Waals surface area contributed by atoms with Gasteiger partial charge in [0.2, 0.25) is 0 Å². The molecule has 1 atom stereocenters. The van der Waals surface area contributed by atoms with Crippen molar-refractivity contribution in [1.29, 1.82) is 0 Å². The highest BCUT2D eigenvalue weighted by molar-refractivity contribution is 5.48. The average Bonchev–Trinajstić information content (AvgIpc) is 2.27. The van der Waals surface area contributed by atoms with Gasteiger partial charge in [0.25, 0.3) is 0 Å². The van der Waals surface area contributed by atoms with Gasteiger partial charge in [-0.05, 0) is 24.5 Å². The van der Waals surface area contributed by atoms with Crippen molar-refractivity contribution < 1.29 is 4.74 Å². The Morgan fingerprint density at radius 3 is 2.87 bits per heavy atom. The first-order valence-corrected chi connectivity index (χ1v) is 5.64. The van der Waals surface area contributed by atoms with E-state index in [0.717, 1.165) is 23.9 Å². The van der Waals surface area contributed by atoms with Crippen LogP contribution in [0.25, 0.3) is 0 Å². The van der Waals surface area contributed by atoms with E-state index in [4.69, 9.17) is 4.74 Å². The SMILES string of the molecule is CCC[C@@H](C)CNc1cccc(OC)c1. The molecule has 0 aliphatic heterocycles. The zero-order valence-electron chi connectivity index (χ0n) is 9.92. The largest absolute Gasteiger partial charge is 0.497 e. The highest BCUT2D eigenvalue weighted by Crippen LogP contribution is 2.17. The summed E-state index contributed by atoms with van der Waals surface area (Å²) in [5.41, 5.74) is 1.14. The molecule has 0 aromatic heterocycles. The molecule has 0 aliphatic rings. The van der Waals surface area contributed by atoms with Crippen molar-refractivity contribution in [3.05, 3.63) is 24.3 Å². The summed E-state index contributed by atoms with van der Waals surface area (Å²) < 4.78 is 5.17. The molecule has 0 heterocycles. The molecule has 84 valence electrons. The summed E-state index contributed by atoms with van der Waals surface area (Å²) in [7, 11) is 1.69. The van der Waals surface area contributed by atoms with E-state index in [1.807, 2.05) is 18.2 Å². The molecule has 1 N–H and O–H groups in total. The highest BCUT2D eigenvalue weighted by atomic mass is 16.5. The first kappa shape index (κ1) is 11.9. The van der Waals surface area contributed by atoms with Crippen molar-refractivity contribution in [2.75, 3.05) is 19.0 Å². The number of hydrogen-bond donors (Lipinski definition) is 1. The molecule has 1 rings (SSSR count). The lowest BCUT2D eigenvalue weighted by Gasteiger charge is -2.13. The molecule has 0 fully saturated rings. The minimum atomic E-state index is 0.723. The molecule has 1 aromatic carbocycles. The quantitative estimate of drug-likeness (QED) is 0.770. The van der Waals surface area contributed by atoms with Crippen molar-refractivity contribution in [3.63, 3.8) is 0 Å². The number of anilines is 1.